The van der Waals surface area contributed by atoms with E-state index in [0.717, 1.165) is 24.8 Å². The van der Waals surface area contributed by atoms with Gasteiger partial charge in [0.25, 0.3) is 0 Å². The minimum Gasteiger partial charge on any atom is -0.477 e. The molecule has 0 unspecified atom stereocenters. The number of nitriles is 1. The summed E-state index contributed by atoms with van der Waals surface area (Å²) in [6.07, 6.45) is 6.20. The molecule has 1 N–H and O–H groups in total. The van der Waals surface area contributed by atoms with Gasteiger partial charge in [0.2, 0.25) is 0 Å². The average Bonchev–Trinajstić information content (AvgIpc) is 2.15. The van der Waals surface area contributed by atoms with E-state index in [1.165, 1.54) is 6.08 Å². The summed E-state index contributed by atoms with van der Waals surface area (Å²) in [5, 5.41) is 17.0. The fraction of sp³-hybridized carbons (Fsp3) is 0.455. The van der Waals surface area contributed by atoms with E-state index in [-0.39, 0.29) is 5.57 Å². The molecule has 14 heavy (non-hydrogen) atoms. The molecule has 0 aliphatic carbocycles. The van der Waals surface area contributed by atoms with Gasteiger partial charge in [0.15, 0.2) is 0 Å². The third kappa shape index (κ3) is 5.15. The van der Waals surface area contributed by atoms with Gasteiger partial charge in [-0.3, -0.25) is 0 Å². The maximum atomic E-state index is 10.4. The van der Waals surface area contributed by atoms with E-state index in [4.69, 9.17) is 10.4 Å². The average molecular weight is 193 g/mol. The molecule has 0 aromatic rings. The van der Waals surface area contributed by atoms with Crippen LogP contribution in [-0.4, -0.2) is 11.1 Å². The normalized spacial score (nSPS) is 12.4. The van der Waals surface area contributed by atoms with Gasteiger partial charge in [-0.1, -0.05) is 25.0 Å². The van der Waals surface area contributed by atoms with Crippen LogP contribution in [0.25, 0.3) is 0 Å². The van der Waals surface area contributed by atoms with E-state index in [2.05, 4.69) is 6.92 Å². The van der Waals surface area contributed by atoms with Gasteiger partial charge in [0.1, 0.15) is 11.6 Å². The highest BCUT2D eigenvalue weighted by Crippen LogP contribution is 2.06. The molecule has 3 heteroatoms. The van der Waals surface area contributed by atoms with Gasteiger partial charge < -0.3 is 5.11 Å². The number of rotatable bonds is 5. The smallest absolute Gasteiger partial charge is 0.346 e. The van der Waals surface area contributed by atoms with E-state index < -0.39 is 5.97 Å². The molecule has 0 bridgehead atoms. The number of aliphatic carboxylic acids is 1. The van der Waals surface area contributed by atoms with Crippen LogP contribution in [0.1, 0.15) is 33.1 Å². The number of hydrogen-bond acceptors (Lipinski definition) is 2. The number of carboxylic acid groups (broad SMARTS) is 1. The maximum absolute atomic E-state index is 10.4. The Labute approximate surface area is 84.4 Å². The first-order valence-corrected chi connectivity index (χ1v) is 4.62. The lowest BCUT2D eigenvalue weighted by atomic mass is 10.1. The van der Waals surface area contributed by atoms with Gasteiger partial charge >= 0.3 is 5.97 Å². The molecule has 0 saturated carbocycles. The first-order valence-electron chi connectivity index (χ1n) is 4.62. The molecular weight excluding hydrogens is 178 g/mol. The minimum atomic E-state index is -1.17. The van der Waals surface area contributed by atoms with E-state index in [1.807, 2.05) is 6.92 Å². The molecule has 0 heterocycles. The van der Waals surface area contributed by atoms with Gasteiger partial charge in [-0.05, 0) is 25.8 Å². The van der Waals surface area contributed by atoms with Crippen molar-refractivity contribution >= 4 is 5.97 Å². The van der Waals surface area contributed by atoms with Crippen molar-refractivity contribution in [1.29, 1.82) is 5.26 Å². The largest absolute Gasteiger partial charge is 0.477 e. The minimum absolute atomic E-state index is 0.221. The predicted molar refractivity (Wildman–Crippen MR) is 54.6 cm³/mol. The second-order valence-corrected chi connectivity index (χ2v) is 3.11. The monoisotopic (exact) mass is 193 g/mol. The Hall–Kier alpha value is -1.56. The molecule has 3 nitrogen and oxygen atoms in total. The van der Waals surface area contributed by atoms with Crippen molar-refractivity contribution in [3.8, 4) is 6.07 Å². The summed E-state index contributed by atoms with van der Waals surface area (Å²) in [6, 6.07) is 1.63. The summed E-state index contributed by atoms with van der Waals surface area (Å²) < 4.78 is 0. The first kappa shape index (κ1) is 12.4. The fourth-order valence-corrected chi connectivity index (χ4v) is 0.921. The molecule has 0 saturated heterocycles. The van der Waals surface area contributed by atoms with Crippen molar-refractivity contribution in [2.24, 2.45) is 0 Å². The van der Waals surface area contributed by atoms with Gasteiger partial charge in [-0.25, -0.2) is 4.79 Å². The molecule has 0 radical (unpaired) electrons. The Morgan fingerprint density at radius 1 is 1.50 bits per heavy atom. The summed E-state index contributed by atoms with van der Waals surface area (Å²) in [5.41, 5.74) is 0.877. The lowest BCUT2D eigenvalue weighted by Crippen LogP contribution is -1.96. The Morgan fingerprint density at radius 3 is 2.57 bits per heavy atom. The van der Waals surface area contributed by atoms with Gasteiger partial charge in [-0.2, -0.15) is 5.26 Å². The van der Waals surface area contributed by atoms with Crippen LogP contribution in [0.5, 0.6) is 0 Å². The van der Waals surface area contributed by atoms with Crippen molar-refractivity contribution in [1.82, 2.24) is 0 Å². The second kappa shape index (κ2) is 6.90. The van der Waals surface area contributed by atoms with E-state index >= 15 is 0 Å². The van der Waals surface area contributed by atoms with E-state index in [0.29, 0.717) is 0 Å². The summed E-state index contributed by atoms with van der Waals surface area (Å²) in [4.78, 5) is 10.4. The molecule has 0 amide bonds. The van der Waals surface area contributed by atoms with Gasteiger partial charge in [0, 0.05) is 0 Å². The topological polar surface area (TPSA) is 61.1 Å². The molecule has 76 valence electrons. The van der Waals surface area contributed by atoms with Crippen molar-refractivity contribution in [2.45, 2.75) is 33.1 Å². The first-order chi connectivity index (χ1) is 6.61. The van der Waals surface area contributed by atoms with Crippen molar-refractivity contribution < 1.29 is 9.90 Å². The van der Waals surface area contributed by atoms with Crippen molar-refractivity contribution in [3.05, 3.63) is 23.3 Å². The lowest BCUT2D eigenvalue weighted by Gasteiger charge is -1.96. The third-order valence-electron chi connectivity index (χ3n) is 1.81. The Balaban J connectivity index is 4.36. The van der Waals surface area contributed by atoms with Crippen LogP contribution < -0.4 is 0 Å². The summed E-state index contributed by atoms with van der Waals surface area (Å²) in [5.74, 6) is -1.17. The Bertz CT molecular complexity index is 295. The van der Waals surface area contributed by atoms with Crippen LogP contribution in [0, 0.1) is 11.3 Å². The maximum Gasteiger partial charge on any atom is 0.346 e. The number of nitrogens with zero attached hydrogens (tertiary/aromatic N) is 1. The molecule has 0 rings (SSSR count). The highest BCUT2D eigenvalue weighted by Gasteiger charge is 2.02. The fourth-order valence-electron chi connectivity index (χ4n) is 0.921. The van der Waals surface area contributed by atoms with Crippen LogP contribution in [0.15, 0.2) is 23.3 Å². The highest BCUT2D eigenvalue weighted by molar-refractivity contribution is 5.91. The summed E-state index contributed by atoms with van der Waals surface area (Å²) in [6.45, 7) is 4.03. The number of carbonyl (C=O) groups is 1. The second-order valence-electron chi connectivity index (χ2n) is 3.11. The molecular formula is C11H15NO2. The summed E-state index contributed by atoms with van der Waals surface area (Å²) >= 11 is 0. The van der Waals surface area contributed by atoms with Gasteiger partial charge in [-0.15, -0.1) is 0 Å². The molecule has 0 aliphatic heterocycles. The molecule has 0 aliphatic rings. The lowest BCUT2D eigenvalue weighted by molar-refractivity contribution is -0.132. The van der Waals surface area contributed by atoms with Crippen LogP contribution in [0.2, 0.25) is 0 Å². The zero-order valence-corrected chi connectivity index (χ0v) is 8.58. The van der Waals surface area contributed by atoms with E-state index in [1.54, 1.807) is 12.1 Å². The van der Waals surface area contributed by atoms with E-state index in [9.17, 15) is 4.79 Å². The van der Waals surface area contributed by atoms with Crippen molar-refractivity contribution in [2.75, 3.05) is 0 Å². The highest BCUT2D eigenvalue weighted by atomic mass is 16.4. The quantitative estimate of drug-likeness (QED) is 0.415. The van der Waals surface area contributed by atoms with Crippen LogP contribution in [0.4, 0.5) is 0 Å². The number of carboxylic acids is 1. The molecule has 0 atom stereocenters. The predicted octanol–water partition coefficient (Wildman–Crippen LogP) is 2.66. The Morgan fingerprint density at radius 2 is 2.14 bits per heavy atom. The number of hydrogen-bond donors (Lipinski definition) is 1. The molecule has 0 spiro atoms. The zero-order chi connectivity index (χ0) is 11.0. The van der Waals surface area contributed by atoms with Crippen LogP contribution in [0.3, 0.4) is 0 Å². The molecule has 0 aromatic carbocycles. The third-order valence-corrected chi connectivity index (χ3v) is 1.81. The van der Waals surface area contributed by atoms with Gasteiger partial charge in [0.05, 0.1) is 0 Å². The van der Waals surface area contributed by atoms with Crippen LogP contribution >= 0.6 is 0 Å². The summed E-state index contributed by atoms with van der Waals surface area (Å²) in [7, 11) is 0. The number of allylic oxidation sites excluding steroid dienone is 3. The zero-order valence-electron chi connectivity index (χ0n) is 8.58. The SMILES string of the molecule is CCCCC(C)=CC=C(C#N)C(=O)O. The van der Waals surface area contributed by atoms with Crippen molar-refractivity contribution in [3.63, 3.8) is 0 Å². The number of unbranched alkanes of at least 4 members (excludes halogenated alkanes) is 1. The van der Waals surface area contributed by atoms with Crippen LogP contribution in [-0.2, 0) is 4.79 Å². The standard InChI is InChI=1S/C11H15NO2/c1-3-4-5-9(2)6-7-10(8-12)11(13)14/h6-7H,3-5H2,1-2H3,(H,13,14). The molecule has 0 fully saturated rings. The molecule has 0 aromatic heterocycles. The Kier molecular flexibility index (Phi) is 6.13.